The van der Waals surface area contributed by atoms with Crippen molar-refractivity contribution in [3.05, 3.63) is 101 Å². The lowest BCUT2D eigenvalue weighted by Crippen LogP contribution is -2.54. The number of nitrogens with zero attached hydrogens (tertiary/aromatic N) is 2. The minimum atomic E-state index is -3.90. The molecule has 0 bridgehead atoms. The van der Waals surface area contributed by atoms with Gasteiger partial charge >= 0.3 is 0 Å². The second-order valence-electron chi connectivity index (χ2n) is 9.23. The molecular weight excluding hydrogens is 529 g/mol. The fourth-order valence-electron chi connectivity index (χ4n) is 3.97. The molecule has 0 spiro atoms. The third-order valence-electron chi connectivity index (χ3n) is 5.79. The van der Waals surface area contributed by atoms with Gasteiger partial charge in [0.05, 0.1) is 11.9 Å². The first kappa shape index (κ1) is 29.1. The monoisotopic (exact) mass is 559 g/mol. The second-order valence-corrected chi connectivity index (χ2v) is 11.6. The number of anilines is 1. The van der Waals surface area contributed by atoms with Gasteiger partial charge < -0.3 is 10.2 Å². The molecule has 0 aliphatic heterocycles. The Kier molecular flexibility index (Phi) is 9.88. The SMILES string of the molecule is CC(C)NC(=O)C(Cc1ccccc1)N(Cc1ccccc1F)C(=O)CN(c1ccc(Cl)cc1)S(C)(=O)=O. The lowest BCUT2D eigenvalue weighted by atomic mass is 10.0. The molecule has 0 fully saturated rings. The topological polar surface area (TPSA) is 86.8 Å². The fraction of sp³-hybridized carbons (Fsp3) is 0.286. The van der Waals surface area contributed by atoms with Gasteiger partial charge in [0.15, 0.2) is 0 Å². The number of benzene rings is 3. The van der Waals surface area contributed by atoms with E-state index in [2.05, 4.69) is 5.32 Å². The van der Waals surface area contributed by atoms with Crippen molar-refractivity contribution >= 4 is 39.1 Å². The first-order chi connectivity index (χ1) is 18.0. The van der Waals surface area contributed by atoms with Crippen molar-refractivity contribution < 1.29 is 22.4 Å². The summed E-state index contributed by atoms with van der Waals surface area (Å²) in [5.74, 6) is -1.62. The summed E-state index contributed by atoms with van der Waals surface area (Å²) in [6.07, 6.45) is 1.14. The quantitative estimate of drug-likeness (QED) is 0.377. The van der Waals surface area contributed by atoms with Crippen LogP contribution in [0.3, 0.4) is 0 Å². The molecule has 0 aliphatic rings. The predicted molar refractivity (Wildman–Crippen MR) is 148 cm³/mol. The number of carbonyl (C=O) groups is 2. The minimum Gasteiger partial charge on any atom is -0.352 e. The molecule has 10 heteroatoms. The van der Waals surface area contributed by atoms with E-state index in [1.54, 1.807) is 19.9 Å². The van der Waals surface area contributed by atoms with Gasteiger partial charge in [-0.15, -0.1) is 0 Å². The molecule has 1 N–H and O–H groups in total. The average Bonchev–Trinajstić information content (AvgIpc) is 2.85. The van der Waals surface area contributed by atoms with Gasteiger partial charge in [-0.05, 0) is 49.7 Å². The summed E-state index contributed by atoms with van der Waals surface area (Å²) in [6, 6.07) is 19.9. The number of nitrogens with one attached hydrogen (secondary N) is 1. The Labute approximate surface area is 228 Å². The molecule has 202 valence electrons. The number of sulfonamides is 1. The molecular formula is C28H31ClFN3O4S. The van der Waals surface area contributed by atoms with E-state index >= 15 is 0 Å². The van der Waals surface area contributed by atoms with Crippen LogP contribution >= 0.6 is 11.6 Å². The van der Waals surface area contributed by atoms with Crippen molar-refractivity contribution in [2.45, 2.75) is 38.9 Å². The van der Waals surface area contributed by atoms with Crippen LogP contribution in [0, 0.1) is 5.82 Å². The van der Waals surface area contributed by atoms with Gasteiger partial charge in [-0.1, -0.05) is 60.1 Å². The zero-order valence-corrected chi connectivity index (χ0v) is 23.0. The molecule has 0 radical (unpaired) electrons. The second kappa shape index (κ2) is 12.9. The molecule has 3 aromatic carbocycles. The zero-order valence-electron chi connectivity index (χ0n) is 21.5. The molecule has 3 aromatic rings. The first-order valence-electron chi connectivity index (χ1n) is 12.1. The van der Waals surface area contributed by atoms with E-state index in [1.807, 2.05) is 30.3 Å². The van der Waals surface area contributed by atoms with E-state index < -0.39 is 40.2 Å². The summed E-state index contributed by atoms with van der Waals surface area (Å²) in [5, 5.41) is 3.25. The molecule has 0 saturated heterocycles. The Morgan fingerprint density at radius 1 is 0.947 bits per heavy atom. The number of hydrogen-bond donors (Lipinski definition) is 1. The summed E-state index contributed by atoms with van der Waals surface area (Å²) < 4.78 is 41.1. The summed E-state index contributed by atoms with van der Waals surface area (Å²) in [7, 11) is -3.90. The van der Waals surface area contributed by atoms with Gasteiger partial charge in [0.25, 0.3) is 0 Å². The van der Waals surface area contributed by atoms with Gasteiger partial charge in [0.2, 0.25) is 21.8 Å². The molecule has 38 heavy (non-hydrogen) atoms. The Morgan fingerprint density at radius 3 is 2.13 bits per heavy atom. The van der Waals surface area contributed by atoms with E-state index in [0.29, 0.717) is 5.02 Å². The van der Waals surface area contributed by atoms with Crippen LogP contribution in [0.15, 0.2) is 78.9 Å². The maximum absolute atomic E-state index is 14.7. The molecule has 7 nitrogen and oxygen atoms in total. The number of carbonyl (C=O) groups excluding carboxylic acids is 2. The highest BCUT2D eigenvalue weighted by Gasteiger charge is 2.33. The van der Waals surface area contributed by atoms with Crippen molar-refractivity contribution in [3.8, 4) is 0 Å². The largest absolute Gasteiger partial charge is 0.352 e. The van der Waals surface area contributed by atoms with Crippen molar-refractivity contribution in [1.82, 2.24) is 10.2 Å². The normalized spacial score (nSPS) is 12.2. The van der Waals surface area contributed by atoms with Gasteiger partial charge in [-0.25, -0.2) is 12.8 Å². The van der Waals surface area contributed by atoms with Crippen LogP contribution in [0.5, 0.6) is 0 Å². The summed E-state index contributed by atoms with van der Waals surface area (Å²) >= 11 is 5.96. The minimum absolute atomic E-state index is 0.152. The van der Waals surface area contributed by atoms with Gasteiger partial charge in [0.1, 0.15) is 18.4 Å². The molecule has 0 saturated carbocycles. The summed E-state index contributed by atoms with van der Waals surface area (Å²) in [5.41, 5.74) is 1.23. The molecule has 0 aliphatic carbocycles. The van der Waals surface area contributed by atoms with Gasteiger partial charge in [-0.3, -0.25) is 13.9 Å². The predicted octanol–water partition coefficient (Wildman–Crippen LogP) is 4.41. The third-order valence-corrected chi connectivity index (χ3v) is 7.19. The third kappa shape index (κ3) is 8.03. The number of halogens is 2. The van der Waals surface area contributed by atoms with E-state index in [9.17, 15) is 22.4 Å². The van der Waals surface area contributed by atoms with Gasteiger partial charge in [-0.2, -0.15) is 0 Å². The highest BCUT2D eigenvalue weighted by Crippen LogP contribution is 2.22. The van der Waals surface area contributed by atoms with E-state index in [1.165, 1.54) is 47.4 Å². The smallest absolute Gasteiger partial charge is 0.244 e. The average molecular weight is 560 g/mol. The van der Waals surface area contributed by atoms with Crippen molar-refractivity contribution in [3.63, 3.8) is 0 Å². The van der Waals surface area contributed by atoms with Crippen LogP contribution in [0.4, 0.5) is 10.1 Å². The summed E-state index contributed by atoms with van der Waals surface area (Å²) in [4.78, 5) is 28.5. The van der Waals surface area contributed by atoms with Crippen LogP contribution in [0.1, 0.15) is 25.0 Å². The van der Waals surface area contributed by atoms with Crippen molar-refractivity contribution in [2.24, 2.45) is 0 Å². The van der Waals surface area contributed by atoms with Crippen molar-refractivity contribution in [1.29, 1.82) is 0 Å². The number of rotatable bonds is 11. The molecule has 1 atom stereocenters. The van der Waals surface area contributed by atoms with E-state index in [0.717, 1.165) is 16.1 Å². The Morgan fingerprint density at radius 2 is 1.55 bits per heavy atom. The first-order valence-corrected chi connectivity index (χ1v) is 14.3. The Bertz CT molecular complexity index is 1350. The molecule has 2 amide bonds. The molecule has 0 aromatic heterocycles. The van der Waals surface area contributed by atoms with Crippen LogP contribution < -0.4 is 9.62 Å². The standard InChI is InChI=1S/C28H31ClFN3O4S/c1-20(2)31-28(35)26(17-21-9-5-4-6-10-21)32(18-22-11-7-8-12-25(22)30)27(34)19-33(38(3,36)37)24-15-13-23(29)14-16-24/h4-16,20,26H,17-19H2,1-3H3,(H,31,35). The van der Waals surface area contributed by atoms with E-state index in [4.69, 9.17) is 11.6 Å². The van der Waals surface area contributed by atoms with Crippen molar-refractivity contribution in [2.75, 3.05) is 17.1 Å². The maximum Gasteiger partial charge on any atom is 0.244 e. The Hall–Kier alpha value is -3.43. The maximum atomic E-state index is 14.7. The van der Waals surface area contributed by atoms with Crippen LogP contribution in [0.2, 0.25) is 5.02 Å². The fourth-order valence-corrected chi connectivity index (χ4v) is 4.94. The highest BCUT2D eigenvalue weighted by molar-refractivity contribution is 7.92. The molecule has 0 heterocycles. The molecule has 3 rings (SSSR count). The number of hydrogen-bond acceptors (Lipinski definition) is 4. The van der Waals surface area contributed by atoms with Gasteiger partial charge in [0, 0.05) is 29.6 Å². The molecule has 1 unspecified atom stereocenters. The highest BCUT2D eigenvalue weighted by atomic mass is 35.5. The lowest BCUT2D eigenvalue weighted by molar-refractivity contribution is -0.140. The van der Waals surface area contributed by atoms with Crippen LogP contribution in [-0.2, 0) is 32.6 Å². The van der Waals surface area contributed by atoms with Crippen LogP contribution in [-0.4, -0.2) is 50.0 Å². The number of amides is 2. The van der Waals surface area contributed by atoms with E-state index in [-0.39, 0.29) is 30.3 Å². The summed E-state index contributed by atoms with van der Waals surface area (Å²) in [6.45, 7) is 2.78. The Balaban J connectivity index is 2.06. The zero-order chi connectivity index (χ0) is 27.9. The van der Waals surface area contributed by atoms with Crippen LogP contribution in [0.25, 0.3) is 0 Å². The lowest BCUT2D eigenvalue weighted by Gasteiger charge is -2.34.